The molecule has 4 nitrogen and oxygen atoms in total. The SMILES string of the molecule is CC(=O)c1c(C)[nH]c(C(=O)COc2cccc(C)c2)c1C. The molecule has 0 saturated heterocycles. The van der Waals surface area contributed by atoms with Crippen molar-refractivity contribution in [2.75, 3.05) is 6.61 Å². The number of aromatic nitrogens is 1. The lowest BCUT2D eigenvalue weighted by Crippen LogP contribution is -2.13. The minimum Gasteiger partial charge on any atom is -0.485 e. The summed E-state index contributed by atoms with van der Waals surface area (Å²) in [5, 5.41) is 0. The number of nitrogens with one attached hydrogen (secondary N) is 1. The fourth-order valence-corrected chi connectivity index (χ4v) is 2.48. The fraction of sp³-hybridized carbons (Fsp3) is 0.294. The second-order valence-electron chi connectivity index (χ2n) is 5.21. The predicted molar refractivity (Wildman–Crippen MR) is 81.3 cm³/mol. The number of rotatable bonds is 5. The Hall–Kier alpha value is -2.36. The van der Waals surface area contributed by atoms with Crippen LogP contribution in [-0.4, -0.2) is 23.2 Å². The topological polar surface area (TPSA) is 59.2 Å². The third-order valence-electron chi connectivity index (χ3n) is 3.43. The van der Waals surface area contributed by atoms with Crippen LogP contribution in [0.15, 0.2) is 24.3 Å². The van der Waals surface area contributed by atoms with E-state index in [4.69, 9.17) is 4.74 Å². The summed E-state index contributed by atoms with van der Waals surface area (Å²) in [6.45, 7) is 6.98. The van der Waals surface area contributed by atoms with Crippen LogP contribution >= 0.6 is 0 Å². The van der Waals surface area contributed by atoms with Crippen LogP contribution in [0.25, 0.3) is 0 Å². The third-order valence-corrected chi connectivity index (χ3v) is 3.43. The highest BCUT2D eigenvalue weighted by Gasteiger charge is 2.19. The molecule has 0 aliphatic heterocycles. The highest BCUT2D eigenvalue weighted by Crippen LogP contribution is 2.19. The lowest BCUT2D eigenvalue weighted by Gasteiger charge is -2.06. The van der Waals surface area contributed by atoms with Crippen molar-refractivity contribution in [1.82, 2.24) is 4.98 Å². The van der Waals surface area contributed by atoms with Crippen molar-refractivity contribution in [2.24, 2.45) is 0 Å². The Morgan fingerprint density at radius 1 is 1.19 bits per heavy atom. The summed E-state index contributed by atoms with van der Waals surface area (Å²) < 4.78 is 5.51. The molecular weight excluding hydrogens is 266 g/mol. The number of Topliss-reactive ketones (excluding diaryl/α,β-unsaturated/α-hetero) is 2. The van der Waals surface area contributed by atoms with E-state index < -0.39 is 0 Å². The Bertz CT molecular complexity index is 698. The Kier molecular flexibility index (Phi) is 4.26. The average Bonchev–Trinajstić information content (AvgIpc) is 2.71. The summed E-state index contributed by atoms with van der Waals surface area (Å²) in [5.41, 5.74) is 3.53. The van der Waals surface area contributed by atoms with Crippen molar-refractivity contribution in [2.45, 2.75) is 27.7 Å². The van der Waals surface area contributed by atoms with Gasteiger partial charge in [0.15, 0.2) is 12.4 Å². The molecule has 21 heavy (non-hydrogen) atoms. The molecule has 2 aromatic rings. The summed E-state index contributed by atoms with van der Waals surface area (Å²) in [6, 6.07) is 7.54. The molecule has 0 radical (unpaired) electrons. The summed E-state index contributed by atoms with van der Waals surface area (Å²) >= 11 is 0. The highest BCUT2D eigenvalue weighted by atomic mass is 16.5. The van der Waals surface area contributed by atoms with Gasteiger partial charge in [-0.15, -0.1) is 0 Å². The normalized spacial score (nSPS) is 10.5. The molecule has 1 heterocycles. The van der Waals surface area contributed by atoms with Crippen LogP contribution in [0.3, 0.4) is 0 Å². The van der Waals surface area contributed by atoms with Crippen molar-refractivity contribution in [3.63, 3.8) is 0 Å². The molecule has 0 atom stereocenters. The Balaban J connectivity index is 2.14. The number of H-pyrrole nitrogens is 1. The number of aryl methyl sites for hydroxylation is 2. The Labute approximate surface area is 124 Å². The predicted octanol–water partition coefficient (Wildman–Crippen LogP) is 3.40. The highest BCUT2D eigenvalue weighted by molar-refractivity contribution is 6.03. The molecule has 0 amide bonds. The third kappa shape index (κ3) is 3.21. The minimum atomic E-state index is -0.162. The fourth-order valence-electron chi connectivity index (χ4n) is 2.48. The molecule has 0 aliphatic carbocycles. The van der Waals surface area contributed by atoms with Gasteiger partial charge in [0.25, 0.3) is 0 Å². The van der Waals surface area contributed by atoms with Crippen LogP contribution in [-0.2, 0) is 0 Å². The van der Waals surface area contributed by atoms with Gasteiger partial charge in [-0.2, -0.15) is 0 Å². The zero-order valence-corrected chi connectivity index (χ0v) is 12.7. The van der Waals surface area contributed by atoms with Gasteiger partial charge in [0, 0.05) is 11.3 Å². The summed E-state index contributed by atoms with van der Waals surface area (Å²) in [6.07, 6.45) is 0. The molecule has 0 bridgehead atoms. The zero-order chi connectivity index (χ0) is 15.6. The van der Waals surface area contributed by atoms with Gasteiger partial charge in [-0.3, -0.25) is 9.59 Å². The van der Waals surface area contributed by atoms with E-state index in [0.717, 1.165) is 11.3 Å². The standard InChI is InChI=1S/C17H19NO3/c1-10-6-5-7-14(8-10)21-9-15(20)17-11(2)16(13(4)19)12(3)18-17/h5-8,18H,9H2,1-4H3. The van der Waals surface area contributed by atoms with Gasteiger partial charge in [0.05, 0.1) is 5.69 Å². The molecule has 0 fully saturated rings. The van der Waals surface area contributed by atoms with Crippen LogP contribution in [0, 0.1) is 20.8 Å². The van der Waals surface area contributed by atoms with E-state index in [2.05, 4.69) is 4.98 Å². The first-order valence-electron chi connectivity index (χ1n) is 6.83. The number of hydrogen-bond donors (Lipinski definition) is 1. The summed E-state index contributed by atoms with van der Waals surface area (Å²) in [5.74, 6) is 0.459. The number of ether oxygens (including phenoxy) is 1. The summed E-state index contributed by atoms with van der Waals surface area (Å²) in [4.78, 5) is 26.8. The van der Waals surface area contributed by atoms with Gasteiger partial charge in [0.2, 0.25) is 5.78 Å². The number of benzene rings is 1. The smallest absolute Gasteiger partial charge is 0.216 e. The van der Waals surface area contributed by atoms with E-state index in [0.29, 0.717) is 22.6 Å². The van der Waals surface area contributed by atoms with Gasteiger partial charge in [-0.25, -0.2) is 0 Å². The van der Waals surface area contributed by atoms with Gasteiger partial charge < -0.3 is 9.72 Å². The number of ketones is 2. The molecule has 110 valence electrons. The van der Waals surface area contributed by atoms with Crippen LogP contribution < -0.4 is 4.74 Å². The van der Waals surface area contributed by atoms with Crippen LogP contribution in [0.2, 0.25) is 0 Å². The van der Waals surface area contributed by atoms with E-state index in [1.54, 1.807) is 13.8 Å². The van der Waals surface area contributed by atoms with Crippen molar-refractivity contribution >= 4 is 11.6 Å². The number of carbonyl (C=O) groups excluding carboxylic acids is 2. The number of aromatic amines is 1. The van der Waals surface area contributed by atoms with E-state index in [1.165, 1.54) is 6.92 Å². The molecule has 1 aromatic carbocycles. The number of hydrogen-bond acceptors (Lipinski definition) is 3. The maximum absolute atomic E-state index is 12.2. The van der Waals surface area contributed by atoms with Crippen molar-refractivity contribution < 1.29 is 14.3 Å². The van der Waals surface area contributed by atoms with E-state index in [1.807, 2.05) is 31.2 Å². The Morgan fingerprint density at radius 2 is 1.90 bits per heavy atom. The molecule has 1 aromatic heterocycles. The van der Waals surface area contributed by atoms with E-state index in [-0.39, 0.29) is 18.2 Å². The maximum Gasteiger partial charge on any atom is 0.216 e. The van der Waals surface area contributed by atoms with Crippen LogP contribution in [0.5, 0.6) is 5.75 Å². The molecule has 1 N–H and O–H groups in total. The molecule has 0 unspecified atom stereocenters. The molecule has 0 saturated carbocycles. The van der Waals surface area contributed by atoms with Gasteiger partial charge in [-0.1, -0.05) is 12.1 Å². The van der Waals surface area contributed by atoms with Gasteiger partial charge in [-0.05, 0) is 51.0 Å². The lowest BCUT2D eigenvalue weighted by atomic mass is 10.1. The first kappa shape index (κ1) is 15.0. The Morgan fingerprint density at radius 3 is 2.48 bits per heavy atom. The van der Waals surface area contributed by atoms with Crippen molar-refractivity contribution in [3.05, 3.63) is 52.3 Å². The average molecular weight is 285 g/mol. The second-order valence-corrected chi connectivity index (χ2v) is 5.21. The van der Waals surface area contributed by atoms with E-state index >= 15 is 0 Å². The van der Waals surface area contributed by atoms with Gasteiger partial charge >= 0.3 is 0 Å². The maximum atomic E-state index is 12.2. The monoisotopic (exact) mass is 285 g/mol. The van der Waals surface area contributed by atoms with Crippen molar-refractivity contribution in [3.8, 4) is 5.75 Å². The molecular formula is C17H19NO3. The first-order valence-corrected chi connectivity index (χ1v) is 6.83. The first-order chi connectivity index (χ1) is 9.90. The van der Waals surface area contributed by atoms with Crippen LogP contribution in [0.1, 0.15) is 44.6 Å². The molecule has 2 rings (SSSR count). The quantitative estimate of drug-likeness (QED) is 0.856. The van der Waals surface area contributed by atoms with Crippen LogP contribution in [0.4, 0.5) is 0 Å². The number of carbonyl (C=O) groups is 2. The largest absolute Gasteiger partial charge is 0.485 e. The minimum absolute atomic E-state index is 0.0418. The molecule has 0 spiro atoms. The lowest BCUT2D eigenvalue weighted by molar-refractivity contribution is 0.0916. The second kappa shape index (κ2) is 5.95. The summed E-state index contributed by atoms with van der Waals surface area (Å²) in [7, 11) is 0. The van der Waals surface area contributed by atoms with Crippen molar-refractivity contribution in [1.29, 1.82) is 0 Å². The molecule has 4 heteroatoms. The van der Waals surface area contributed by atoms with Gasteiger partial charge in [0.1, 0.15) is 5.75 Å². The molecule has 0 aliphatic rings. The zero-order valence-electron chi connectivity index (χ0n) is 12.7. The van der Waals surface area contributed by atoms with E-state index in [9.17, 15) is 9.59 Å².